The van der Waals surface area contributed by atoms with Crippen molar-refractivity contribution in [3.8, 4) is 5.69 Å². The van der Waals surface area contributed by atoms with Gasteiger partial charge in [0.2, 0.25) is 0 Å². The number of para-hydroxylation sites is 1. The number of aromatic nitrogens is 4. The van der Waals surface area contributed by atoms with E-state index in [9.17, 15) is 4.79 Å². The third-order valence-electron chi connectivity index (χ3n) is 2.78. The Hall–Kier alpha value is -2.24. The third kappa shape index (κ3) is 2.09. The van der Waals surface area contributed by atoms with Crippen LogP contribution in [0.3, 0.4) is 0 Å². The van der Waals surface area contributed by atoms with Gasteiger partial charge < -0.3 is 4.74 Å². The Morgan fingerprint density at radius 1 is 1.39 bits per heavy atom. The zero-order chi connectivity index (χ0) is 13.1. The maximum atomic E-state index is 11.5. The number of carbonyl (C=O) groups excluding carboxylic acids is 1. The number of aryl methyl sites for hydroxylation is 1. The summed E-state index contributed by atoms with van der Waals surface area (Å²) in [6.07, 6.45) is 0. The minimum Gasteiger partial charge on any atom is -0.468 e. The van der Waals surface area contributed by atoms with Crippen molar-refractivity contribution in [2.45, 2.75) is 19.8 Å². The normalized spacial score (nSPS) is 12.2. The van der Waals surface area contributed by atoms with Gasteiger partial charge in [-0.2, -0.15) is 4.68 Å². The monoisotopic (exact) mass is 246 g/mol. The number of benzene rings is 1. The fourth-order valence-electron chi connectivity index (χ4n) is 1.72. The molecule has 0 aliphatic carbocycles. The summed E-state index contributed by atoms with van der Waals surface area (Å²) in [6.45, 7) is 3.68. The Kier molecular flexibility index (Phi) is 3.36. The number of rotatable bonds is 3. The van der Waals surface area contributed by atoms with Crippen molar-refractivity contribution in [3.63, 3.8) is 0 Å². The number of ether oxygens (including phenoxy) is 1. The maximum absolute atomic E-state index is 11.5. The van der Waals surface area contributed by atoms with Gasteiger partial charge in [-0.3, -0.25) is 4.79 Å². The Morgan fingerprint density at radius 3 is 2.78 bits per heavy atom. The molecule has 0 amide bonds. The van der Waals surface area contributed by atoms with Crippen LogP contribution in [0, 0.1) is 6.92 Å². The molecule has 1 atom stereocenters. The molecule has 1 aromatic carbocycles. The predicted molar refractivity (Wildman–Crippen MR) is 64.3 cm³/mol. The van der Waals surface area contributed by atoms with Crippen molar-refractivity contribution in [2.24, 2.45) is 0 Å². The van der Waals surface area contributed by atoms with E-state index in [0.29, 0.717) is 5.82 Å². The van der Waals surface area contributed by atoms with E-state index >= 15 is 0 Å². The molecule has 0 saturated heterocycles. The van der Waals surface area contributed by atoms with Gasteiger partial charge in [0, 0.05) is 0 Å². The molecule has 1 aromatic heterocycles. The van der Waals surface area contributed by atoms with E-state index in [1.807, 2.05) is 31.2 Å². The van der Waals surface area contributed by atoms with Crippen LogP contribution in [0.5, 0.6) is 0 Å². The SMILES string of the molecule is COC(=O)C(C)c1nnnn1-c1ccccc1C. The molecule has 0 N–H and O–H groups in total. The first-order valence-corrected chi connectivity index (χ1v) is 5.57. The van der Waals surface area contributed by atoms with Crippen LogP contribution in [-0.4, -0.2) is 33.3 Å². The van der Waals surface area contributed by atoms with Crippen LogP contribution in [0.4, 0.5) is 0 Å². The summed E-state index contributed by atoms with van der Waals surface area (Å²) >= 11 is 0. The second kappa shape index (κ2) is 4.95. The molecule has 0 bridgehead atoms. The van der Waals surface area contributed by atoms with Crippen molar-refractivity contribution in [3.05, 3.63) is 35.7 Å². The highest BCUT2D eigenvalue weighted by Gasteiger charge is 2.23. The molecule has 6 heteroatoms. The third-order valence-corrected chi connectivity index (χ3v) is 2.78. The highest BCUT2D eigenvalue weighted by molar-refractivity contribution is 5.76. The van der Waals surface area contributed by atoms with E-state index in [-0.39, 0.29) is 5.97 Å². The molecule has 0 aliphatic heterocycles. The Balaban J connectivity index is 2.46. The molecule has 0 aliphatic rings. The predicted octanol–water partition coefficient (Wildman–Crippen LogP) is 1.25. The van der Waals surface area contributed by atoms with Crippen molar-refractivity contribution >= 4 is 5.97 Å². The zero-order valence-corrected chi connectivity index (χ0v) is 10.5. The lowest BCUT2D eigenvalue weighted by molar-refractivity contribution is -0.142. The van der Waals surface area contributed by atoms with Crippen LogP contribution >= 0.6 is 0 Å². The first kappa shape index (κ1) is 12.2. The van der Waals surface area contributed by atoms with E-state index in [1.54, 1.807) is 11.6 Å². The zero-order valence-electron chi connectivity index (χ0n) is 10.5. The van der Waals surface area contributed by atoms with Gasteiger partial charge in [0.05, 0.1) is 12.8 Å². The lowest BCUT2D eigenvalue weighted by Gasteiger charge is -2.11. The number of methoxy groups -OCH3 is 1. The smallest absolute Gasteiger partial charge is 0.316 e. The molecule has 6 nitrogen and oxygen atoms in total. The molecule has 18 heavy (non-hydrogen) atoms. The number of hydrogen-bond acceptors (Lipinski definition) is 5. The lowest BCUT2D eigenvalue weighted by Crippen LogP contribution is -2.16. The molecule has 2 aromatic rings. The van der Waals surface area contributed by atoms with Gasteiger partial charge in [-0.25, -0.2) is 0 Å². The number of carbonyl (C=O) groups is 1. The number of nitrogens with zero attached hydrogens (tertiary/aromatic N) is 4. The average molecular weight is 246 g/mol. The van der Waals surface area contributed by atoms with Crippen molar-refractivity contribution in [2.75, 3.05) is 7.11 Å². The second-order valence-electron chi connectivity index (χ2n) is 3.98. The fraction of sp³-hybridized carbons (Fsp3) is 0.333. The molecule has 0 fully saturated rings. The largest absolute Gasteiger partial charge is 0.468 e. The van der Waals surface area contributed by atoms with Crippen LogP contribution in [0.25, 0.3) is 5.69 Å². The van der Waals surface area contributed by atoms with Crippen LogP contribution in [0.1, 0.15) is 24.2 Å². The van der Waals surface area contributed by atoms with E-state index in [4.69, 9.17) is 4.74 Å². The first-order valence-electron chi connectivity index (χ1n) is 5.57. The minimum atomic E-state index is -0.510. The summed E-state index contributed by atoms with van der Waals surface area (Å²) in [6, 6.07) is 7.70. The molecule has 1 heterocycles. The molecule has 2 rings (SSSR count). The summed E-state index contributed by atoms with van der Waals surface area (Å²) in [5.41, 5.74) is 1.89. The molecular weight excluding hydrogens is 232 g/mol. The molecule has 94 valence electrons. The van der Waals surface area contributed by atoms with E-state index in [1.165, 1.54) is 7.11 Å². The van der Waals surface area contributed by atoms with Gasteiger partial charge in [-0.05, 0) is 35.9 Å². The first-order chi connectivity index (χ1) is 8.65. The highest BCUT2D eigenvalue weighted by atomic mass is 16.5. The second-order valence-corrected chi connectivity index (χ2v) is 3.98. The van der Waals surface area contributed by atoms with Gasteiger partial charge in [0.15, 0.2) is 5.82 Å². The summed E-state index contributed by atoms with van der Waals surface area (Å²) < 4.78 is 6.28. The quantitative estimate of drug-likeness (QED) is 0.762. The van der Waals surface area contributed by atoms with Crippen LogP contribution in [0.2, 0.25) is 0 Å². The van der Waals surface area contributed by atoms with E-state index in [2.05, 4.69) is 15.5 Å². The van der Waals surface area contributed by atoms with Crippen LogP contribution < -0.4 is 0 Å². The lowest BCUT2D eigenvalue weighted by atomic mass is 10.1. The summed E-state index contributed by atoms with van der Waals surface area (Å²) in [7, 11) is 1.35. The Bertz CT molecular complexity index is 565. The molecule has 0 radical (unpaired) electrons. The summed E-state index contributed by atoms with van der Waals surface area (Å²) in [4.78, 5) is 11.5. The molecule has 0 spiro atoms. The van der Waals surface area contributed by atoms with Crippen molar-refractivity contribution in [1.82, 2.24) is 20.2 Å². The topological polar surface area (TPSA) is 69.9 Å². The van der Waals surface area contributed by atoms with E-state index < -0.39 is 5.92 Å². The van der Waals surface area contributed by atoms with Crippen LogP contribution in [0.15, 0.2) is 24.3 Å². The number of tetrazole rings is 1. The van der Waals surface area contributed by atoms with Gasteiger partial charge >= 0.3 is 5.97 Å². The number of hydrogen-bond donors (Lipinski definition) is 0. The van der Waals surface area contributed by atoms with Gasteiger partial charge in [0.1, 0.15) is 5.92 Å². The molecular formula is C12H14N4O2. The van der Waals surface area contributed by atoms with Crippen molar-refractivity contribution in [1.29, 1.82) is 0 Å². The highest BCUT2D eigenvalue weighted by Crippen LogP contribution is 2.19. The fourth-order valence-corrected chi connectivity index (χ4v) is 1.72. The van der Waals surface area contributed by atoms with Gasteiger partial charge in [0.25, 0.3) is 0 Å². The maximum Gasteiger partial charge on any atom is 0.316 e. The Morgan fingerprint density at radius 2 is 2.11 bits per heavy atom. The van der Waals surface area contributed by atoms with Crippen LogP contribution in [-0.2, 0) is 9.53 Å². The standard InChI is InChI=1S/C12H14N4O2/c1-8-6-4-5-7-10(8)16-11(13-14-15-16)9(2)12(17)18-3/h4-7,9H,1-3H3. The van der Waals surface area contributed by atoms with Gasteiger partial charge in [-0.1, -0.05) is 18.2 Å². The molecule has 0 saturated carbocycles. The Labute approximate surface area is 105 Å². The minimum absolute atomic E-state index is 0.361. The molecule has 1 unspecified atom stereocenters. The number of esters is 1. The van der Waals surface area contributed by atoms with Gasteiger partial charge in [-0.15, -0.1) is 5.10 Å². The van der Waals surface area contributed by atoms with E-state index in [0.717, 1.165) is 11.3 Å². The average Bonchev–Trinajstić information content (AvgIpc) is 2.86. The summed E-state index contributed by atoms with van der Waals surface area (Å²) in [5.74, 6) is -0.402. The summed E-state index contributed by atoms with van der Waals surface area (Å²) in [5, 5.41) is 11.5. The van der Waals surface area contributed by atoms with Crippen molar-refractivity contribution < 1.29 is 9.53 Å².